The highest BCUT2D eigenvalue weighted by Crippen LogP contribution is 2.30. The Morgan fingerprint density at radius 1 is 1.28 bits per heavy atom. The summed E-state index contributed by atoms with van der Waals surface area (Å²) in [6, 6.07) is 8.35. The van der Waals surface area contributed by atoms with E-state index in [4.69, 9.17) is 9.15 Å². The number of carbonyl (C=O) groups excluding carboxylic acids is 1. The molecule has 2 atom stereocenters. The fourth-order valence-electron chi connectivity index (χ4n) is 3.49. The van der Waals surface area contributed by atoms with Gasteiger partial charge in [0.2, 0.25) is 17.7 Å². The van der Waals surface area contributed by atoms with E-state index in [1.807, 2.05) is 23.9 Å². The molecular weight excluding hydrogens is 393 g/mol. The third-order valence-electron chi connectivity index (χ3n) is 5.23. The van der Waals surface area contributed by atoms with Gasteiger partial charge in [-0.2, -0.15) is 11.3 Å². The van der Waals surface area contributed by atoms with Gasteiger partial charge in [0.1, 0.15) is 5.82 Å². The maximum Gasteiger partial charge on any atom is 0.248 e. The molecule has 0 spiro atoms. The average Bonchev–Trinajstić information content (AvgIpc) is 3.44. The molecule has 8 heteroatoms. The zero-order chi connectivity index (χ0) is 20.2. The number of hydrogen-bond acceptors (Lipinski definition) is 6. The Morgan fingerprint density at radius 3 is 2.86 bits per heavy atom. The van der Waals surface area contributed by atoms with Gasteiger partial charge in [-0.05, 0) is 42.0 Å². The topological polar surface area (TPSA) is 68.5 Å². The van der Waals surface area contributed by atoms with Crippen LogP contribution < -0.4 is 0 Å². The fourth-order valence-corrected chi connectivity index (χ4v) is 4.12. The van der Waals surface area contributed by atoms with E-state index < -0.39 is 0 Å². The lowest BCUT2D eigenvalue weighted by Gasteiger charge is -2.35. The standard InChI is InChI=1S/C21H22FN3O3S/c1-25(17-8-10-27-18(12-17)14-2-4-16(22)5-3-14)20(26)7-6-19-23-24-21(28-19)15-9-11-29-13-15/h2-5,9,11,13,17-18H,6-8,10,12H2,1H3/t17-,18+/m1/s1. The van der Waals surface area contributed by atoms with Crippen molar-refractivity contribution in [3.8, 4) is 11.5 Å². The first-order chi connectivity index (χ1) is 14.1. The molecular formula is C21H22FN3O3S. The summed E-state index contributed by atoms with van der Waals surface area (Å²) >= 11 is 1.56. The van der Waals surface area contributed by atoms with Gasteiger partial charge in [-0.1, -0.05) is 12.1 Å². The Labute approximate surface area is 172 Å². The van der Waals surface area contributed by atoms with Gasteiger partial charge in [0.05, 0.1) is 6.10 Å². The van der Waals surface area contributed by atoms with Crippen LogP contribution in [0.1, 0.15) is 36.8 Å². The van der Waals surface area contributed by atoms with Crippen LogP contribution >= 0.6 is 11.3 Å². The molecule has 0 saturated carbocycles. The van der Waals surface area contributed by atoms with Crippen LogP contribution in [0.25, 0.3) is 11.5 Å². The maximum absolute atomic E-state index is 13.2. The normalized spacial score (nSPS) is 19.2. The highest BCUT2D eigenvalue weighted by molar-refractivity contribution is 7.08. The van der Waals surface area contributed by atoms with Crippen molar-refractivity contribution in [2.24, 2.45) is 0 Å². The summed E-state index contributed by atoms with van der Waals surface area (Å²) < 4.78 is 24.7. The fraction of sp³-hybridized carbons (Fsp3) is 0.381. The number of rotatable bonds is 6. The van der Waals surface area contributed by atoms with Crippen molar-refractivity contribution in [3.63, 3.8) is 0 Å². The number of halogens is 1. The van der Waals surface area contributed by atoms with Crippen molar-refractivity contribution in [1.29, 1.82) is 0 Å². The quantitative estimate of drug-likeness (QED) is 0.602. The highest BCUT2D eigenvalue weighted by Gasteiger charge is 2.29. The number of carbonyl (C=O) groups is 1. The molecule has 1 aromatic carbocycles. The summed E-state index contributed by atoms with van der Waals surface area (Å²) in [5.41, 5.74) is 1.83. The van der Waals surface area contributed by atoms with E-state index in [0.717, 1.165) is 17.5 Å². The number of aryl methyl sites for hydroxylation is 1. The van der Waals surface area contributed by atoms with E-state index in [-0.39, 0.29) is 23.9 Å². The van der Waals surface area contributed by atoms with E-state index in [9.17, 15) is 9.18 Å². The molecule has 0 aliphatic carbocycles. The molecule has 0 bridgehead atoms. The molecule has 0 radical (unpaired) electrons. The molecule has 0 unspecified atom stereocenters. The molecule has 1 saturated heterocycles. The molecule has 1 amide bonds. The number of amides is 1. The van der Waals surface area contributed by atoms with Crippen LogP contribution in [-0.2, 0) is 16.0 Å². The van der Waals surface area contributed by atoms with Gasteiger partial charge in [-0.15, -0.1) is 10.2 Å². The van der Waals surface area contributed by atoms with Crippen LogP contribution in [0.2, 0.25) is 0 Å². The molecule has 1 fully saturated rings. The predicted octanol–water partition coefficient (Wildman–Crippen LogP) is 4.25. The van der Waals surface area contributed by atoms with Gasteiger partial charge >= 0.3 is 0 Å². The predicted molar refractivity (Wildman–Crippen MR) is 107 cm³/mol. The van der Waals surface area contributed by atoms with E-state index in [1.54, 1.807) is 28.4 Å². The van der Waals surface area contributed by atoms with E-state index >= 15 is 0 Å². The Hall–Kier alpha value is -2.58. The molecule has 3 aromatic rings. The van der Waals surface area contributed by atoms with Crippen molar-refractivity contribution in [2.45, 2.75) is 37.8 Å². The molecule has 29 heavy (non-hydrogen) atoms. The highest BCUT2D eigenvalue weighted by atomic mass is 32.1. The van der Waals surface area contributed by atoms with Crippen LogP contribution in [0.3, 0.4) is 0 Å². The summed E-state index contributed by atoms with van der Waals surface area (Å²) in [6.07, 6.45) is 2.05. The first-order valence-corrected chi connectivity index (χ1v) is 10.5. The summed E-state index contributed by atoms with van der Waals surface area (Å²) in [4.78, 5) is 14.5. The zero-order valence-corrected chi connectivity index (χ0v) is 16.9. The number of thiophene rings is 1. The van der Waals surface area contributed by atoms with Crippen molar-refractivity contribution in [2.75, 3.05) is 13.7 Å². The zero-order valence-electron chi connectivity index (χ0n) is 16.1. The summed E-state index contributed by atoms with van der Waals surface area (Å²) in [7, 11) is 1.82. The van der Waals surface area contributed by atoms with Crippen molar-refractivity contribution in [1.82, 2.24) is 15.1 Å². The van der Waals surface area contributed by atoms with Crippen LogP contribution in [0.5, 0.6) is 0 Å². The van der Waals surface area contributed by atoms with Crippen molar-refractivity contribution < 1.29 is 18.3 Å². The van der Waals surface area contributed by atoms with Gasteiger partial charge in [-0.3, -0.25) is 4.79 Å². The van der Waals surface area contributed by atoms with Gasteiger partial charge in [0.25, 0.3) is 0 Å². The molecule has 0 N–H and O–H groups in total. The minimum Gasteiger partial charge on any atom is -0.421 e. The van der Waals surface area contributed by atoms with Crippen LogP contribution in [0, 0.1) is 5.82 Å². The first-order valence-electron chi connectivity index (χ1n) is 9.58. The van der Waals surface area contributed by atoms with Gasteiger partial charge < -0.3 is 14.1 Å². The number of benzene rings is 1. The summed E-state index contributed by atoms with van der Waals surface area (Å²) in [5.74, 6) is 0.708. The lowest BCUT2D eigenvalue weighted by Crippen LogP contribution is -2.41. The molecule has 1 aliphatic rings. The number of aromatic nitrogens is 2. The van der Waals surface area contributed by atoms with Gasteiger partial charge in [0, 0.05) is 43.5 Å². The van der Waals surface area contributed by atoms with Crippen LogP contribution in [-0.4, -0.2) is 40.7 Å². The van der Waals surface area contributed by atoms with Crippen LogP contribution in [0.15, 0.2) is 45.5 Å². The number of nitrogens with zero attached hydrogens (tertiary/aromatic N) is 3. The lowest BCUT2D eigenvalue weighted by molar-refractivity contribution is -0.135. The SMILES string of the molecule is CN(C(=O)CCc1nnc(-c2ccsc2)o1)[C@@H]1CCO[C@H](c2ccc(F)cc2)C1. The second-order valence-electron chi connectivity index (χ2n) is 7.11. The minimum absolute atomic E-state index is 0.0324. The molecule has 1 aliphatic heterocycles. The second kappa shape index (κ2) is 8.84. The van der Waals surface area contributed by atoms with Gasteiger partial charge in [0.15, 0.2) is 0 Å². The lowest BCUT2D eigenvalue weighted by atomic mass is 9.96. The van der Waals surface area contributed by atoms with E-state index in [2.05, 4.69) is 10.2 Å². The summed E-state index contributed by atoms with van der Waals surface area (Å²) in [6.45, 7) is 0.567. The summed E-state index contributed by atoms with van der Waals surface area (Å²) in [5, 5.41) is 12.0. The average molecular weight is 415 g/mol. The third kappa shape index (κ3) is 4.71. The Morgan fingerprint density at radius 2 is 2.10 bits per heavy atom. The largest absolute Gasteiger partial charge is 0.421 e. The van der Waals surface area contributed by atoms with Crippen molar-refractivity contribution >= 4 is 17.2 Å². The molecule has 152 valence electrons. The van der Waals surface area contributed by atoms with Crippen molar-refractivity contribution in [3.05, 3.63) is 58.4 Å². The van der Waals surface area contributed by atoms with Crippen LogP contribution in [0.4, 0.5) is 4.39 Å². The maximum atomic E-state index is 13.2. The Balaban J connectivity index is 1.32. The third-order valence-corrected chi connectivity index (χ3v) is 5.91. The molecule has 4 rings (SSSR count). The Bertz CT molecular complexity index is 943. The Kier molecular flexibility index (Phi) is 6.01. The van der Waals surface area contributed by atoms with E-state index in [0.29, 0.717) is 37.7 Å². The first kappa shape index (κ1) is 19.7. The molecule has 2 aromatic heterocycles. The smallest absolute Gasteiger partial charge is 0.248 e. The van der Waals surface area contributed by atoms with Gasteiger partial charge in [-0.25, -0.2) is 4.39 Å². The number of ether oxygens (including phenoxy) is 1. The number of hydrogen-bond donors (Lipinski definition) is 0. The minimum atomic E-state index is -0.267. The second-order valence-corrected chi connectivity index (χ2v) is 7.89. The van der Waals surface area contributed by atoms with E-state index in [1.165, 1.54) is 12.1 Å². The monoisotopic (exact) mass is 415 g/mol. The molecule has 3 heterocycles. The molecule has 6 nitrogen and oxygen atoms in total.